The number of hydrogen-bond donors (Lipinski definition) is 0. The topological polar surface area (TPSA) is 48.4 Å². The summed E-state index contributed by atoms with van der Waals surface area (Å²) in [5.41, 5.74) is 1.42. The van der Waals surface area contributed by atoms with Crippen LogP contribution in [0.3, 0.4) is 0 Å². The van der Waals surface area contributed by atoms with E-state index in [1.807, 2.05) is 13.0 Å². The molecule has 0 radical (unpaired) electrons. The average molecular weight is 319 g/mol. The minimum absolute atomic E-state index is 0.132. The summed E-state index contributed by atoms with van der Waals surface area (Å²) >= 11 is 0. The molecule has 23 heavy (non-hydrogen) atoms. The Bertz CT molecular complexity index is 529. The number of rotatable bonds is 5. The van der Waals surface area contributed by atoms with Crippen LogP contribution in [0.25, 0.3) is 0 Å². The van der Waals surface area contributed by atoms with Crippen molar-refractivity contribution in [3.63, 3.8) is 0 Å². The van der Waals surface area contributed by atoms with E-state index >= 15 is 0 Å². The smallest absolute Gasteiger partial charge is 0.343 e. The first kappa shape index (κ1) is 17.8. The van der Waals surface area contributed by atoms with Gasteiger partial charge in [-0.25, -0.2) is 9.78 Å². The van der Waals surface area contributed by atoms with Crippen LogP contribution in [0.15, 0.2) is 12.3 Å². The number of methoxy groups -OCH3 is 1. The molecule has 1 aromatic rings. The van der Waals surface area contributed by atoms with Crippen molar-refractivity contribution in [3.8, 4) is 5.88 Å². The van der Waals surface area contributed by atoms with Gasteiger partial charge in [-0.05, 0) is 55.6 Å². The number of carbonyl (C=O) groups excluding carboxylic acids is 1. The molecule has 1 aliphatic rings. The van der Waals surface area contributed by atoms with Crippen LogP contribution in [0.1, 0.15) is 68.8 Å². The third-order valence-corrected chi connectivity index (χ3v) is 4.94. The molecule has 0 aliphatic heterocycles. The third-order valence-electron chi connectivity index (χ3n) is 4.94. The number of carbonyl (C=O) groups is 1. The molecule has 0 spiro atoms. The van der Waals surface area contributed by atoms with E-state index in [2.05, 4.69) is 18.8 Å². The Morgan fingerprint density at radius 2 is 2.09 bits per heavy atom. The standard InChI is InChI=1S/C19H29NO3/c1-5-14-11-13(3)7-8-16(12-14)23-18-17(19(21)22-4)15(6-2)9-10-20-18/h9-10,13-14,16H,5-8,11-12H2,1-4H3. The fourth-order valence-electron chi connectivity index (χ4n) is 3.53. The van der Waals surface area contributed by atoms with Crippen LogP contribution in [0, 0.1) is 11.8 Å². The number of nitrogens with zero attached hydrogens (tertiary/aromatic N) is 1. The van der Waals surface area contributed by atoms with Crippen molar-refractivity contribution in [1.82, 2.24) is 4.98 Å². The Balaban J connectivity index is 2.23. The van der Waals surface area contributed by atoms with Gasteiger partial charge in [0.05, 0.1) is 7.11 Å². The summed E-state index contributed by atoms with van der Waals surface area (Å²) in [6.07, 6.45) is 8.28. The summed E-state index contributed by atoms with van der Waals surface area (Å²) in [7, 11) is 1.40. The summed E-state index contributed by atoms with van der Waals surface area (Å²) in [6.45, 7) is 6.59. The van der Waals surface area contributed by atoms with Gasteiger partial charge in [0.2, 0.25) is 5.88 Å². The first-order valence-corrected chi connectivity index (χ1v) is 8.81. The quantitative estimate of drug-likeness (QED) is 0.595. The molecule has 1 aliphatic carbocycles. The van der Waals surface area contributed by atoms with Crippen LogP contribution in [-0.4, -0.2) is 24.2 Å². The van der Waals surface area contributed by atoms with E-state index in [1.165, 1.54) is 26.4 Å². The first-order valence-electron chi connectivity index (χ1n) is 8.81. The molecule has 128 valence electrons. The molecule has 1 heterocycles. The number of esters is 1. The van der Waals surface area contributed by atoms with Gasteiger partial charge in [-0.2, -0.15) is 0 Å². The van der Waals surface area contributed by atoms with Crippen molar-refractivity contribution in [1.29, 1.82) is 0 Å². The van der Waals surface area contributed by atoms with Crippen LogP contribution < -0.4 is 4.74 Å². The van der Waals surface area contributed by atoms with E-state index < -0.39 is 0 Å². The van der Waals surface area contributed by atoms with E-state index in [1.54, 1.807) is 6.20 Å². The molecule has 3 atom stereocenters. The van der Waals surface area contributed by atoms with Crippen LogP contribution in [0.2, 0.25) is 0 Å². The lowest BCUT2D eigenvalue weighted by Crippen LogP contribution is -2.21. The maximum absolute atomic E-state index is 12.2. The Morgan fingerprint density at radius 3 is 2.74 bits per heavy atom. The van der Waals surface area contributed by atoms with Gasteiger partial charge in [0, 0.05) is 6.20 Å². The monoisotopic (exact) mass is 319 g/mol. The number of ether oxygens (including phenoxy) is 2. The average Bonchev–Trinajstić information content (AvgIpc) is 2.75. The zero-order valence-corrected chi connectivity index (χ0v) is 14.8. The lowest BCUT2D eigenvalue weighted by atomic mass is 9.92. The van der Waals surface area contributed by atoms with Gasteiger partial charge >= 0.3 is 5.97 Å². The molecule has 1 aromatic heterocycles. The van der Waals surface area contributed by atoms with Crippen LogP contribution in [-0.2, 0) is 11.2 Å². The number of pyridine rings is 1. The Hall–Kier alpha value is -1.58. The maximum atomic E-state index is 12.2. The number of aromatic nitrogens is 1. The Kier molecular flexibility index (Phi) is 6.43. The van der Waals surface area contributed by atoms with Crippen LogP contribution in [0.4, 0.5) is 0 Å². The van der Waals surface area contributed by atoms with Gasteiger partial charge in [0.25, 0.3) is 0 Å². The fraction of sp³-hybridized carbons (Fsp3) is 0.684. The molecule has 0 amide bonds. The lowest BCUT2D eigenvalue weighted by molar-refractivity contribution is 0.0588. The summed E-state index contributed by atoms with van der Waals surface area (Å²) in [4.78, 5) is 16.5. The summed E-state index contributed by atoms with van der Waals surface area (Å²) in [6, 6.07) is 1.86. The molecule has 0 saturated heterocycles. The van der Waals surface area contributed by atoms with Crippen LogP contribution >= 0.6 is 0 Å². The summed E-state index contributed by atoms with van der Waals surface area (Å²) in [5, 5.41) is 0. The normalized spacial score (nSPS) is 24.8. The Labute approximate surface area is 139 Å². The number of hydrogen-bond acceptors (Lipinski definition) is 4. The molecular weight excluding hydrogens is 290 g/mol. The Morgan fingerprint density at radius 1 is 1.30 bits per heavy atom. The van der Waals surface area contributed by atoms with Crippen molar-refractivity contribution in [2.45, 2.75) is 65.4 Å². The van der Waals surface area contributed by atoms with E-state index in [9.17, 15) is 4.79 Å². The lowest BCUT2D eigenvalue weighted by Gasteiger charge is -2.21. The van der Waals surface area contributed by atoms with Crippen molar-refractivity contribution < 1.29 is 14.3 Å². The van der Waals surface area contributed by atoms with Gasteiger partial charge < -0.3 is 9.47 Å². The molecule has 4 heteroatoms. The van der Waals surface area contributed by atoms with Gasteiger partial charge in [-0.15, -0.1) is 0 Å². The predicted octanol–water partition coefficient (Wildman–Crippen LogP) is 4.41. The van der Waals surface area contributed by atoms with Gasteiger partial charge in [0.1, 0.15) is 11.7 Å². The second-order valence-electron chi connectivity index (χ2n) is 6.66. The second kappa shape index (κ2) is 8.32. The molecule has 4 nitrogen and oxygen atoms in total. The SMILES string of the molecule is CCc1ccnc(OC2CCC(C)CC(CC)C2)c1C(=O)OC. The molecule has 1 saturated carbocycles. The van der Waals surface area contributed by atoms with Crippen molar-refractivity contribution >= 4 is 5.97 Å². The van der Waals surface area contributed by atoms with E-state index in [0.29, 0.717) is 17.4 Å². The highest BCUT2D eigenvalue weighted by molar-refractivity contribution is 5.93. The zero-order chi connectivity index (χ0) is 16.8. The number of aryl methyl sites for hydroxylation is 1. The van der Waals surface area contributed by atoms with Crippen molar-refractivity contribution in [2.24, 2.45) is 11.8 Å². The molecular formula is C19H29NO3. The first-order chi connectivity index (χ1) is 11.1. The molecule has 0 N–H and O–H groups in total. The minimum Gasteiger partial charge on any atom is -0.474 e. The molecule has 0 aromatic carbocycles. The van der Waals surface area contributed by atoms with Gasteiger partial charge in [-0.1, -0.05) is 27.2 Å². The van der Waals surface area contributed by atoms with E-state index in [4.69, 9.17) is 9.47 Å². The van der Waals surface area contributed by atoms with Crippen LogP contribution in [0.5, 0.6) is 5.88 Å². The highest BCUT2D eigenvalue weighted by Crippen LogP contribution is 2.32. The second-order valence-corrected chi connectivity index (χ2v) is 6.66. The molecule has 3 unspecified atom stereocenters. The third kappa shape index (κ3) is 4.46. The molecule has 1 fully saturated rings. The van der Waals surface area contributed by atoms with E-state index in [0.717, 1.165) is 30.7 Å². The summed E-state index contributed by atoms with van der Waals surface area (Å²) < 4.78 is 11.1. The highest BCUT2D eigenvalue weighted by Gasteiger charge is 2.27. The molecule has 0 bridgehead atoms. The summed E-state index contributed by atoms with van der Waals surface area (Å²) in [5.74, 6) is 1.50. The van der Waals surface area contributed by atoms with Gasteiger partial charge in [-0.3, -0.25) is 0 Å². The fourth-order valence-corrected chi connectivity index (χ4v) is 3.53. The zero-order valence-electron chi connectivity index (χ0n) is 14.8. The highest BCUT2D eigenvalue weighted by atomic mass is 16.5. The van der Waals surface area contributed by atoms with E-state index in [-0.39, 0.29) is 12.1 Å². The van der Waals surface area contributed by atoms with Crippen molar-refractivity contribution in [2.75, 3.05) is 7.11 Å². The van der Waals surface area contributed by atoms with Crippen molar-refractivity contribution in [3.05, 3.63) is 23.4 Å². The molecule has 2 rings (SSSR count). The van der Waals surface area contributed by atoms with Gasteiger partial charge in [0.15, 0.2) is 0 Å². The maximum Gasteiger partial charge on any atom is 0.343 e. The minimum atomic E-state index is -0.362. The largest absolute Gasteiger partial charge is 0.474 e. The predicted molar refractivity (Wildman–Crippen MR) is 90.8 cm³/mol.